The second-order valence-electron chi connectivity index (χ2n) is 7.54. The molecule has 3 aromatic carbocycles. The molecule has 0 aromatic heterocycles. The van der Waals surface area contributed by atoms with Gasteiger partial charge in [-0.15, -0.1) is 0 Å². The first-order chi connectivity index (χ1) is 16.8. The number of amides is 3. The van der Waals surface area contributed by atoms with E-state index < -0.39 is 16.7 Å². The van der Waals surface area contributed by atoms with Crippen LogP contribution in [0.4, 0.5) is 22.7 Å². The van der Waals surface area contributed by atoms with E-state index in [2.05, 4.69) is 10.6 Å². The van der Waals surface area contributed by atoms with Crippen molar-refractivity contribution in [3.05, 3.63) is 99.7 Å². The van der Waals surface area contributed by atoms with Gasteiger partial charge in [-0.3, -0.25) is 24.5 Å². The van der Waals surface area contributed by atoms with Crippen molar-refractivity contribution in [1.82, 2.24) is 0 Å². The van der Waals surface area contributed by atoms with Crippen LogP contribution in [0.15, 0.2) is 78.5 Å². The van der Waals surface area contributed by atoms with E-state index in [4.69, 9.17) is 5.26 Å². The quantitative estimate of drug-likeness (QED) is 0.318. The molecular formula is C25H17N5O5. The highest BCUT2D eigenvalue weighted by molar-refractivity contribution is 6.46. The van der Waals surface area contributed by atoms with E-state index in [-0.39, 0.29) is 28.6 Å². The number of non-ortho nitro benzene ring substituents is 1. The van der Waals surface area contributed by atoms with Crippen LogP contribution in [-0.4, -0.2) is 22.6 Å². The summed E-state index contributed by atoms with van der Waals surface area (Å²) in [6.45, 7) is 1.38. The molecular weight excluding hydrogens is 450 g/mol. The second kappa shape index (κ2) is 9.29. The van der Waals surface area contributed by atoms with Gasteiger partial charge in [-0.2, -0.15) is 5.26 Å². The van der Waals surface area contributed by atoms with Crippen molar-refractivity contribution in [1.29, 1.82) is 5.26 Å². The van der Waals surface area contributed by atoms with Crippen molar-refractivity contribution >= 4 is 46.0 Å². The molecule has 0 unspecified atom stereocenters. The number of nitro benzene ring substituents is 1. The molecule has 3 aromatic rings. The normalized spacial score (nSPS) is 13.0. The molecule has 0 bridgehead atoms. The molecule has 172 valence electrons. The zero-order valence-electron chi connectivity index (χ0n) is 18.3. The predicted molar refractivity (Wildman–Crippen MR) is 128 cm³/mol. The minimum atomic E-state index is -0.626. The lowest BCUT2D eigenvalue weighted by atomic mass is 10.0. The Hall–Kier alpha value is -5.30. The number of carbonyl (C=O) groups is 3. The fourth-order valence-corrected chi connectivity index (χ4v) is 3.57. The molecule has 0 fully saturated rings. The summed E-state index contributed by atoms with van der Waals surface area (Å²) in [5.41, 5.74) is 1.88. The molecule has 0 atom stereocenters. The molecule has 10 nitrogen and oxygen atoms in total. The highest BCUT2D eigenvalue weighted by Crippen LogP contribution is 2.34. The van der Waals surface area contributed by atoms with Crippen molar-refractivity contribution in [2.75, 3.05) is 15.5 Å². The molecule has 10 heteroatoms. The number of benzene rings is 3. The van der Waals surface area contributed by atoms with E-state index >= 15 is 0 Å². The number of rotatable bonds is 6. The Morgan fingerprint density at radius 1 is 0.914 bits per heavy atom. The molecule has 0 spiro atoms. The number of hydrogen-bond acceptors (Lipinski definition) is 7. The first-order valence-electron chi connectivity index (χ1n) is 10.3. The maximum atomic E-state index is 13.4. The van der Waals surface area contributed by atoms with Crippen molar-refractivity contribution in [2.45, 2.75) is 6.92 Å². The topological polar surface area (TPSA) is 145 Å². The third-order valence-corrected chi connectivity index (χ3v) is 5.18. The number of nitriles is 1. The third-order valence-electron chi connectivity index (χ3n) is 5.18. The van der Waals surface area contributed by atoms with Crippen LogP contribution in [0.1, 0.15) is 18.1 Å². The highest BCUT2D eigenvalue weighted by atomic mass is 16.6. The molecule has 0 aliphatic carbocycles. The van der Waals surface area contributed by atoms with Gasteiger partial charge in [-0.05, 0) is 66.2 Å². The fraction of sp³-hybridized carbons (Fsp3) is 0.0400. The zero-order chi connectivity index (χ0) is 25.1. The van der Waals surface area contributed by atoms with E-state index in [1.54, 1.807) is 24.3 Å². The lowest BCUT2D eigenvalue weighted by Gasteiger charge is -2.15. The number of nitrogens with zero attached hydrogens (tertiary/aromatic N) is 3. The van der Waals surface area contributed by atoms with Gasteiger partial charge in [-0.25, -0.2) is 4.90 Å². The minimum absolute atomic E-state index is 0.0134. The van der Waals surface area contributed by atoms with Crippen LogP contribution in [0.2, 0.25) is 0 Å². The summed E-state index contributed by atoms with van der Waals surface area (Å²) in [6, 6.07) is 19.8. The summed E-state index contributed by atoms with van der Waals surface area (Å²) in [5.74, 6) is -1.48. The lowest BCUT2D eigenvalue weighted by molar-refractivity contribution is -0.384. The van der Waals surface area contributed by atoms with Crippen LogP contribution in [0.5, 0.6) is 0 Å². The Labute approximate surface area is 199 Å². The number of nitrogens with one attached hydrogen (secondary N) is 2. The molecule has 0 radical (unpaired) electrons. The van der Waals surface area contributed by atoms with Crippen LogP contribution < -0.4 is 15.5 Å². The van der Waals surface area contributed by atoms with Crippen molar-refractivity contribution < 1.29 is 19.3 Å². The Bertz CT molecular complexity index is 1420. The van der Waals surface area contributed by atoms with E-state index in [0.717, 1.165) is 4.90 Å². The van der Waals surface area contributed by atoms with Gasteiger partial charge in [0.15, 0.2) is 0 Å². The maximum Gasteiger partial charge on any atom is 0.282 e. The first-order valence-corrected chi connectivity index (χ1v) is 10.3. The Morgan fingerprint density at radius 2 is 1.51 bits per heavy atom. The number of imide groups is 1. The van der Waals surface area contributed by atoms with Gasteiger partial charge in [0, 0.05) is 30.4 Å². The number of hydrogen-bond donors (Lipinski definition) is 2. The third kappa shape index (κ3) is 4.60. The Kier molecular flexibility index (Phi) is 6.07. The summed E-state index contributed by atoms with van der Waals surface area (Å²) < 4.78 is 0. The number of carbonyl (C=O) groups excluding carboxylic acids is 3. The summed E-state index contributed by atoms with van der Waals surface area (Å²) in [4.78, 5) is 49.5. The van der Waals surface area contributed by atoms with Crippen LogP contribution in [0, 0.1) is 21.4 Å². The maximum absolute atomic E-state index is 13.4. The van der Waals surface area contributed by atoms with Gasteiger partial charge < -0.3 is 10.6 Å². The molecule has 0 saturated carbocycles. The summed E-state index contributed by atoms with van der Waals surface area (Å²) in [6.07, 6.45) is 0. The monoisotopic (exact) mass is 467 g/mol. The summed E-state index contributed by atoms with van der Waals surface area (Å²) in [7, 11) is 0. The molecule has 2 N–H and O–H groups in total. The zero-order valence-corrected chi connectivity index (χ0v) is 18.3. The minimum Gasteiger partial charge on any atom is -0.350 e. The van der Waals surface area contributed by atoms with Gasteiger partial charge in [0.05, 0.1) is 27.8 Å². The Balaban J connectivity index is 1.75. The van der Waals surface area contributed by atoms with E-state index in [9.17, 15) is 24.5 Å². The molecule has 1 heterocycles. The van der Waals surface area contributed by atoms with Crippen LogP contribution >= 0.6 is 0 Å². The van der Waals surface area contributed by atoms with Crippen LogP contribution in [0.3, 0.4) is 0 Å². The average Bonchev–Trinajstić information content (AvgIpc) is 3.09. The van der Waals surface area contributed by atoms with Crippen LogP contribution in [0.25, 0.3) is 5.57 Å². The Morgan fingerprint density at radius 3 is 2.06 bits per heavy atom. The molecule has 1 aliphatic heterocycles. The standard InChI is InChI=1S/C25H17N5O5/c1-15(31)27-18-6-8-19(9-7-18)28-23-22(17-4-12-21(13-5-17)30(34)35)24(32)29(25(23)33)20-10-2-16(14-26)3-11-20/h2-13,28H,1H3,(H,27,31). The molecule has 4 rings (SSSR count). The highest BCUT2D eigenvalue weighted by Gasteiger charge is 2.40. The fourth-order valence-electron chi connectivity index (χ4n) is 3.57. The smallest absolute Gasteiger partial charge is 0.282 e. The predicted octanol–water partition coefficient (Wildman–Crippen LogP) is 3.82. The van der Waals surface area contributed by atoms with E-state index in [1.165, 1.54) is 55.5 Å². The van der Waals surface area contributed by atoms with Gasteiger partial charge in [0.2, 0.25) is 5.91 Å². The van der Waals surface area contributed by atoms with Crippen molar-refractivity contribution in [3.63, 3.8) is 0 Å². The summed E-state index contributed by atoms with van der Waals surface area (Å²) in [5, 5.41) is 25.7. The molecule has 3 amide bonds. The molecule has 0 saturated heterocycles. The largest absolute Gasteiger partial charge is 0.350 e. The van der Waals surface area contributed by atoms with E-state index in [0.29, 0.717) is 22.5 Å². The van der Waals surface area contributed by atoms with Gasteiger partial charge in [0.25, 0.3) is 17.5 Å². The first kappa shape index (κ1) is 22.9. The van der Waals surface area contributed by atoms with E-state index in [1.807, 2.05) is 6.07 Å². The van der Waals surface area contributed by atoms with Gasteiger partial charge >= 0.3 is 0 Å². The SMILES string of the molecule is CC(=O)Nc1ccc(NC2=C(c3ccc([N+](=O)[O-])cc3)C(=O)N(c3ccc(C#N)cc3)C2=O)cc1. The average molecular weight is 467 g/mol. The number of nitro groups is 1. The second-order valence-corrected chi connectivity index (χ2v) is 7.54. The summed E-state index contributed by atoms with van der Waals surface area (Å²) >= 11 is 0. The van der Waals surface area contributed by atoms with Gasteiger partial charge in [-0.1, -0.05) is 0 Å². The van der Waals surface area contributed by atoms with Crippen molar-refractivity contribution in [2.24, 2.45) is 0 Å². The van der Waals surface area contributed by atoms with Crippen molar-refractivity contribution in [3.8, 4) is 6.07 Å². The van der Waals surface area contributed by atoms with Crippen LogP contribution in [-0.2, 0) is 14.4 Å². The molecule has 1 aliphatic rings. The number of anilines is 3. The molecule has 35 heavy (non-hydrogen) atoms. The lowest BCUT2D eigenvalue weighted by Crippen LogP contribution is -2.32. The van der Waals surface area contributed by atoms with Gasteiger partial charge in [0.1, 0.15) is 5.70 Å².